The smallest absolute Gasteiger partial charge is 0.336 e. The number of carboxylic acid groups (broad SMARTS) is 1. The monoisotopic (exact) mass is 271 g/mol. The molecule has 0 unspecified atom stereocenters. The largest absolute Gasteiger partial charge is 0.496 e. The number of ether oxygens (including phenoxy) is 1. The molecule has 0 aliphatic heterocycles. The summed E-state index contributed by atoms with van der Waals surface area (Å²) < 4.78 is 5.29. The van der Waals surface area contributed by atoms with Crippen LogP contribution >= 0.6 is 0 Å². The predicted octanol–water partition coefficient (Wildman–Crippen LogP) is 3.31. The Kier molecular flexibility index (Phi) is 4.25. The Bertz CT molecular complexity index is 623. The van der Waals surface area contributed by atoms with Crippen molar-refractivity contribution in [2.24, 2.45) is 0 Å². The summed E-state index contributed by atoms with van der Waals surface area (Å²) in [6.45, 7) is 2.38. The number of carboxylic acids is 1. The van der Waals surface area contributed by atoms with E-state index in [1.165, 1.54) is 0 Å². The predicted molar refractivity (Wildman–Crippen MR) is 78.5 cm³/mol. The first-order valence-corrected chi connectivity index (χ1v) is 6.32. The van der Waals surface area contributed by atoms with Gasteiger partial charge in [-0.05, 0) is 30.7 Å². The van der Waals surface area contributed by atoms with Crippen molar-refractivity contribution in [1.29, 1.82) is 0 Å². The molecule has 0 atom stereocenters. The van der Waals surface area contributed by atoms with Crippen molar-refractivity contribution in [3.63, 3.8) is 0 Å². The highest BCUT2D eigenvalue weighted by molar-refractivity contribution is 5.91. The molecule has 2 aromatic carbocycles. The number of methoxy groups -OCH3 is 1. The molecule has 0 aromatic heterocycles. The number of carbonyl (C=O) groups is 1. The number of benzene rings is 2. The summed E-state index contributed by atoms with van der Waals surface area (Å²) in [5.74, 6) is -0.101. The minimum Gasteiger partial charge on any atom is -0.496 e. The number of hydrogen-bond acceptors (Lipinski definition) is 3. The van der Waals surface area contributed by atoms with Crippen LogP contribution in [0, 0.1) is 6.92 Å². The van der Waals surface area contributed by atoms with E-state index in [1.807, 2.05) is 30.3 Å². The highest BCUT2D eigenvalue weighted by Gasteiger charge is 2.10. The van der Waals surface area contributed by atoms with Crippen molar-refractivity contribution < 1.29 is 14.6 Å². The summed E-state index contributed by atoms with van der Waals surface area (Å²) in [6.07, 6.45) is 0. The van der Waals surface area contributed by atoms with Gasteiger partial charge in [0.1, 0.15) is 5.75 Å². The van der Waals surface area contributed by atoms with Gasteiger partial charge >= 0.3 is 5.97 Å². The standard InChI is InChI=1S/C16H17NO3/c1-11-13(16(18)19)7-5-8-14(11)17-10-12-6-3-4-9-15(12)20-2/h3-9,17H,10H2,1-2H3,(H,18,19). The van der Waals surface area contributed by atoms with Gasteiger partial charge in [0.15, 0.2) is 0 Å². The van der Waals surface area contributed by atoms with Crippen molar-refractivity contribution >= 4 is 11.7 Å². The van der Waals surface area contributed by atoms with Crippen LogP contribution in [0.25, 0.3) is 0 Å². The molecule has 0 bridgehead atoms. The van der Waals surface area contributed by atoms with Gasteiger partial charge in [0.25, 0.3) is 0 Å². The second kappa shape index (κ2) is 6.10. The molecule has 0 aliphatic carbocycles. The quantitative estimate of drug-likeness (QED) is 0.876. The molecule has 2 N–H and O–H groups in total. The lowest BCUT2D eigenvalue weighted by Gasteiger charge is -2.13. The molecule has 0 saturated carbocycles. The number of hydrogen-bond donors (Lipinski definition) is 2. The Morgan fingerprint density at radius 1 is 1.20 bits per heavy atom. The first-order chi connectivity index (χ1) is 9.63. The van der Waals surface area contributed by atoms with E-state index < -0.39 is 5.97 Å². The molecule has 104 valence electrons. The Morgan fingerprint density at radius 2 is 1.95 bits per heavy atom. The zero-order valence-corrected chi connectivity index (χ0v) is 11.5. The van der Waals surface area contributed by atoms with Gasteiger partial charge in [-0.1, -0.05) is 24.3 Å². The molecule has 0 amide bonds. The maximum atomic E-state index is 11.1. The highest BCUT2D eigenvalue weighted by atomic mass is 16.5. The fraction of sp³-hybridized carbons (Fsp3) is 0.188. The summed E-state index contributed by atoms with van der Waals surface area (Å²) >= 11 is 0. The lowest BCUT2D eigenvalue weighted by atomic mass is 10.1. The molecule has 2 rings (SSSR count). The number of nitrogens with one attached hydrogen (secondary N) is 1. The molecular formula is C16H17NO3. The van der Waals surface area contributed by atoms with Crippen LogP contribution in [0.15, 0.2) is 42.5 Å². The highest BCUT2D eigenvalue weighted by Crippen LogP contribution is 2.22. The van der Waals surface area contributed by atoms with Gasteiger partial charge < -0.3 is 15.2 Å². The van der Waals surface area contributed by atoms with Gasteiger partial charge in [0.2, 0.25) is 0 Å². The van der Waals surface area contributed by atoms with E-state index in [2.05, 4.69) is 5.32 Å². The molecule has 0 spiro atoms. The average molecular weight is 271 g/mol. The van der Waals surface area contributed by atoms with Gasteiger partial charge in [0.05, 0.1) is 12.7 Å². The van der Waals surface area contributed by atoms with Crippen molar-refractivity contribution in [1.82, 2.24) is 0 Å². The number of anilines is 1. The van der Waals surface area contributed by atoms with Crippen LogP contribution in [0.4, 0.5) is 5.69 Å². The zero-order chi connectivity index (χ0) is 14.5. The van der Waals surface area contributed by atoms with Crippen LogP contribution in [-0.4, -0.2) is 18.2 Å². The van der Waals surface area contributed by atoms with Crippen molar-refractivity contribution in [2.45, 2.75) is 13.5 Å². The minimum atomic E-state index is -0.913. The number of rotatable bonds is 5. The Hall–Kier alpha value is -2.49. The number of para-hydroxylation sites is 1. The molecule has 0 heterocycles. The zero-order valence-electron chi connectivity index (χ0n) is 11.5. The maximum absolute atomic E-state index is 11.1. The second-order valence-corrected chi connectivity index (χ2v) is 4.45. The average Bonchev–Trinajstić information content (AvgIpc) is 2.46. The maximum Gasteiger partial charge on any atom is 0.336 e. The molecule has 0 aliphatic rings. The third kappa shape index (κ3) is 2.91. The minimum absolute atomic E-state index is 0.315. The molecule has 0 fully saturated rings. The topological polar surface area (TPSA) is 58.6 Å². The fourth-order valence-corrected chi connectivity index (χ4v) is 2.10. The molecule has 4 heteroatoms. The third-order valence-corrected chi connectivity index (χ3v) is 3.23. The molecule has 0 radical (unpaired) electrons. The lowest BCUT2D eigenvalue weighted by Crippen LogP contribution is -2.06. The van der Waals surface area contributed by atoms with Crippen LogP contribution in [0.5, 0.6) is 5.75 Å². The van der Waals surface area contributed by atoms with E-state index in [9.17, 15) is 4.79 Å². The van der Waals surface area contributed by atoms with Gasteiger partial charge in [-0.25, -0.2) is 4.79 Å². The van der Waals surface area contributed by atoms with Gasteiger partial charge in [0, 0.05) is 17.8 Å². The molecule has 2 aromatic rings. The van der Waals surface area contributed by atoms with Crippen LogP contribution in [0.3, 0.4) is 0 Å². The third-order valence-electron chi connectivity index (χ3n) is 3.23. The van der Waals surface area contributed by atoms with Crippen LogP contribution in [0.1, 0.15) is 21.5 Å². The molecule has 4 nitrogen and oxygen atoms in total. The summed E-state index contributed by atoms with van der Waals surface area (Å²) in [5, 5.41) is 12.4. The van der Waals surface area contributed by atoms with Crippen molar-refractivity contribution in [2.75, 3.05) is 12.4 Å². The van der Waals surface area contributed by atoms with Crippen LogP contribution in [-0.2, 0) is 6.54 Å². The van der Waals surface area contributed by atoms with E-state index in [-0.39, 0.29) is 0 Å². The van der Waals surface area contributed by atoms with E-state index >= 15 is 0 Å². The van der Waals surface area contributed by atoms with Gasteiger partial charge in [-0.3, -0.25) is 0 Å². The van der Waals surface area contributed by atoms with Crippen LogP contribution < -0.4 is 10.1 Å². The van der Waals surface area contributed by atoms with E-state index in [0.29, 0.717) is 12.1 Å². The van der Waals surface area contributed by atoms with Gasteiger partial charge in [-0.15, -0.1) is 0 Å². The Balaban J connectivity index is 2.19. The molecule has 0 saturated heterocycles. The Labute approximate surface area is 118 Å². The lowest BCUT2D eigenvalue weighted by molar-refractivity contribution is 0.0696. The summed E-state index contributed by atoms with van der Waals surface area (Å²) in [4.78, 5) is 11.1. The van der Waals surface area contributed by atoms with Crippen LogP contribution in [0.2, 0.25) is 0 Å². The Morgan fingerprint density at radius 3 is 2.65 bits per heavy atom. The first-order valence-electron chi connectivity index (χ1n) is 6.32. The van der Waals surface area contributed by atoms with Crippen molar-refractivity contribution in [3.05, 3.63) is 59.2 Å². The van der Waals surface area contributed by atoms with E-state index in [4.69, 9.17) is 9.84 Å². The van der Waals surface area contributed by atoms with Gasteiger partial charge in [-0.2, -0.15) is 0 Å². The fourth-order valence-electron chi connectivity index (χ4n) is 2.10. The summed E-state index contributed by atoms with van der Waals surface area (Å²) in [6, 6.07) is 12.9. The first kappa shape index (κ1) is 13.9. The summed E-state index contributed by atoms with van der Waals surface area (Å²) in [5.41, 5.74) is 2.89. The molecule has 20 heavy (non-hydrogen) atoms. The summed E-state index contributed by atoms with van der Waals surface area (Å²) in [7, 11) is 1.63. The normalized spacial score (nSPS) is 10.1. The second-order valence-electron chi connectivity index (χ2n) is 4.45. The SMILES string of the molecule is COc1ccccc1CNc1cccc(C(=O)O)c1C. The van der Waals surface area contributed by atoms with Crippen molar-refractivity contribution in [3.8, 4) is 5.75 Å². The van der Waals surface area contributed by atoms with E-state index in [1.54, 1.807) is 26.2 Å². The number of aromatic carboxylic acids is 1. The molecular weight excluding hydrogens is 254 g/mol. The van der Waals surface area contributed by atoms with E-state index in [0.717, 1.165) is 22.6 Å².